The van der Waals surface area contributed by atoms with Gasteiger partial charge >= 0.3 is 0 Å². The van der Waals surface area contributed by atoms with Crippen molar-refractivity contribution in [3.05, 3.63) is 35.4 Å². The Balaban J connectivity index is 1.76. The average molecular weight is 252 g/mol. The quantitative estimate of drug-likeness (QED) is 0.633. The summed E-state index contributed by atoms with van der Waals surface area (Å²) in [5.41, 5.74) is 2.50. The number of halogens is 1. The van der Waals surface area contributed by atoms with Crippen molar-refractivity contribution in [2.45, 2.75) is 37.5 Å². The third kappa shape index (κ3) is 3.01. The Hall–Kier alpha value is -1.02. The number of hydrogen-bond acceptors (Lipinski definition) is 1. The Morgan fingerprint density at radius 1 is 1.53 bits per heavy atom. The van der Waals surface area contributed by atoms with Gasteiger partial charge in [0.2, 0.25) is 5.91 Å². The maximum atomic E-state index is 11.9. The van der Waals surface area contributed by atoms with Crippen LogP contribution in [0.15, 0.2) is 24.3 Å². The first-order chi connectivity index (χ1) is 8.18. The van der Waals surface area contributed by atoms with E-state index >= 15 is 0 Å². The van der Waals surface area contributed by atoms with Gasteiger partial charge in [-0.05, 0) is 37.3 Å². The average Bonchev–Trinajstić information content (AvgIpc) is 2.26. The first kappa shape index (κ1) is 12.4. The molecule has 1 amide bonds. The molecule has 2 atom stereocenters. The van der Waals surface area contributed by atoms with Crippen molar-refractivity contribution in [3.63, 3.8) is 0 Å². The summed E-state index contributed by atoms with van der Waals surface area (Å²) in [5.74, 6) is 0.227. The Kier molecular flexibility index (Phi) is 4.06. The van der Waals surface area contributed by atoms with Crippen LogP contribution in [0.3, 0.4) is 0 Å². The predicted molar refractivity (Wildman–Crippen MR) is 70.4 cm³/mol. The number of carbonyl (C=O) groups excluding carboxylic acids is 1. The third-order valence-corrected chi connectivity index (χ3v) is 3.47. The van der Waals surface area contributed by atoms with Gasteiger partial charge in [-0.15, -0.1) is 11.6 Å². The monoisotopic (exact) mass is 251 g/mol. The van der Waals surface area contributed by atoms with Crippen molar-refractivity contribution in [1.29, 1.82) is 0 Å². The van der Waals surface area contributed by atoms with E-state index in [1.165, 1.54) is 11.1 Å². The van der Waals surface area contributed by atoms with Crippen LogP contribution in [0.1, 0.15) is 36.8 Å². The standard InChI is InChI=1S/C14H18ClNO/c1-10(15)5-4-8-16-14(17)13-9-11-6-2-3-7-12(11)13/h2-3,6-7,10,13H,4-5,8-9H2,1H3,(H,16,17). The van der Waals surface area contributed by atoms with Gasteiger partial charge in [0.25, 0.3) is 0 Å². The van der Waals surface area contributed by atoms with Crippen LogP contribution in [0.5, 0.6) is 0 Å². The summed E-state index contributed by atoms with van der Waals surface area (Å²) >= 11 is 5.85. The van der Waals surface area contributed by atoms with Crippen LogP contribution in [0.25, 0.3) is 0 Å². The largest absolute Gasteiger partial charge is 0.356 e. The summed E-state index contributed by atoms with van der Waals surface area (Å²) in [6, 6.07) is 8.15. The fraction of sp³-hybridized carbons (Fsp3) is 0.500. The molecule has 0 fully saturated rings. The van der Waals surface area contributed by atoms with Crippen LogP contribution in [-0.2, 0) is 11.2 Å². The minimum absolute atomic E-state index is 0.0691. The van der Waals surface area contributed by atoms with Gasteiger partial charge in [-0.2, -0.15) is 0 Å². The molecule has 0 aromatic heterocycles. The number of alkyl halides is 1. The number of rotatable bonds is 5. The van der Waals surface area contributed by atoms with Crippen molar-refractivity contribution in [3.8, 4) is 0 Å². The molecule has 1 aromatic carbocycles. The van der Waals surface area contributed by atoms with Gasteiger partial charge < -0.3 is 5.32 Å². The van der Waals surface area contributed by atoms with Crippen molar-refractivity contribution in [2.75, 3.05) is 6.54 Å². The lowest BCUT2D eigenvalue weighted by molar-refractivity contribution is -0.123. The first-order valence-corrected chi connectivity index (χ1v) is 6.61. The Morgan fingerprint density at radius 2 is 2.29 bits per heavy atom. The van der Waals surface area contributed by atoms with Gasteiger partial charge in [0.05, 0.1) is 5.92 Å². The molecular weight excluding hydrogens is 234 g/mol. The minimum atomic E-state index is 0.0691. The SMILES string of the molecule is CC(Cl)CCCNC(=O)C1Cc2ccccc21. The fourth-order valence-corrected chi connectivity index (χ4v) is 2.37. The lowest BCUT2D eigenvalue weighted by Crippen LogP contribution is -2.36. The number of hydrogen-bond donors (Lipinski definition) is 1. The van der Waals surface area contributed by atoms with Crippen molar-refractivity contribution >= 4 is 17.5 Å². The summed E-state index contributed by atoms with van der Waals surface area (Å²) in [7, 11) is 0. The molecule has 1 aromatic rings. The van der Waals surface area contributed by atoms with E-state index in [9.17, 15) is 4.79 Å². The molecular formula is C14H18ClNO. The molecule has 1 N–H and O–H groups in total. The predicted octanol–water partition coefficient (Wildman–Crippen LogP) is 2.85. The van der Waals surface area contributed by atoms with Crippen molar-refractivity contribution in [2.24, 2.45) is 0 Å². The highest BCUT2D eigenvalue weighted by molar-refractivity contribution is 6.20. The highest BCUT2D eigenvalue weighted by atomic mass is 35.5. The lowest BCUT2D eigenvalue weighted by atomic mass is 9.77. The summed E-state index contributed by atoms with van der Waals surface area (Å²) in [5, 5.41) is 3.17. The van der Waals surface area contributed by atoms with Gasteiger partial charge in [-0.3, -0.25) is 4.79 Å². The summed E-state index contributed by atoms with van der Waals surface area (Å²) in [6.45, 7) is 2.71. The molecule has 1 aliphatic rings. The van der Waals surface area contributed by atoms with Crippen LogP contribution < -0.4 is 5.32 Å². The summed E-state index contributed by atoms with van der Waals surface area (Å²) in [6.07, 6.45) is 2.78. The van der Waals surface area contributed by atoms with E-state index in [2.05, 4.69) is 11.4 Å². The molecule has 92 valence electrons. The number of nitrogens with one attached hydrogen (secondary N) is 1. The van der Waals surface area contributed by atoms with Crippen LogP contribution in [0.2, 0.25) is 0 Å². The number of benzene rings is 1. The first-order valence-electron chi connectivity index (χ1n) is 6.18. The molecule has 0 saturated heterocycles. The second-order valence-corrected chi connectivity index (χ2v) is 5.41. The van der Waals surface area contributed by atoms with E-state index in [0.29, 0.717) is 0 Å². The Labute approximate surface area is 107 Å². The number of carbonyl (C=O) groups is 1. The van der Waals surface area contributed by atoms with E-state index in [0.717, 1.165) is 25.8 Å². The second kappa shape index (κ2) is 5.54. The van der Waals surface area contributed by atoms with E-state index in [4.69, 9.17) is 11.6 Å². The highest BCUT2D eigenvalue weighted by Gasteiger charge is 2.31. The molecule has 0 aliphatic heterocycles. The van der Waals surface area contributed by atoms with Gasteiger partial charge in [0.15, 0.2) is 0 Å². The summed E-state index contributed by atoms with van der Waals surface area (Å²) in [4.78, 5) is 11.9. The van der Waals surface area contributed by atoms with E-state index in [1.807, 2.05) is 25.1 Å². The maximum absolute atomic E-state index is 11.9. The smallest absolute Gasteiger partial charge is 0.227 e. The molecule has 0 heterocycles. The molecule has 0 saturated carbocycles. The minimum Gasteiger partial charge on any atom is -0.356 e. The zero-order valence-corrected chi connectivity index (χ0v) is 10.8. The molecule has 2 rings (SSSR count). The molecule has 0 bridgehead atoms. The van der Waals surface area contributed by atoms with Gasteiger partial charge in [-0.25, -0.2) is 0 Å². The second-order valence-electron chi connectivity index (χ2n) is 4.67. The van der Waals surface area contributed by atoms with Crippen LogP contribution >= 0.6 is 11.6 Å². The van der Waals surface area contributed by atoms with Crippen LogP contribution in [0, 0.1) is 0 Å². The van der Waals surface area contributed by atoms with Crippen molar-refractivity contribution in [1.82, 2.24) is 5.32 Å². The zero-order valence-electron chi connectivity index (χ0n) is 10.1. The maximum Gasteiger partial charge on any atom is 0.227 e. The van der Waals surface area contributed by atoms with E-state index in [-0.39, 0.29) is 17.2 Å². The van der Waals surface area contributed by atoms with Gasteiger partial charge in [0, 0.05) is 11.9 Å². The Bertz CT molecular complexity index is 403. The lowest BCUT2D eigenvalue weighted by Gasteiger charge is -2.28. The molecule has 17 heavy (non-hydrogen) atoms. The topological polar surface area (TPSA) is 29.1 Å². The number of amides is 1. The highest BCUT2D eigenvalue weighted by Crippen LogP contribution is 2.34. The molecule has 0 spiro atoms. The van der Waals surface area contributed by atoms with Gasteiger partial charge in [-0.1, -0.05) is 24.3 Å². The number of fused-ring (bicyclic) bond motifs is 1. The normalized spacial score (nSPS) is 19.1. The van der Waals surface area contributed by atoms with Crippen LogP contribution in [0.4, 0.5) is 0 Å². The summed E-state index contributed by atoms with van der Waals surface area (Å²) < 4.78 is 0. The molecule has 2 unspecified atom stereocenters. The molecule has 2 nitrogen and oxygen atoms in total. The Morgan fingerprint density at radius 3 is 3.00 bits per heavy atom. The molecule has 3 heteroatoms. The van der Waals surface area contributed by atoms with Crippen molar-refractivity contribution < 1.29 is 4.79 Å². The van der Waals surface area contributed by atoms with E-state index < -0.39 is 0 Å². The van der Waals surface area contributed by atoms with E-state index in [1.54, 1.807) is 0 Å². The third-order valence-electron chi connectivity index (χ3n) is 3.25. The fourth-order valence-electron chi connectivity index (χ4n) is 2.21. The molecule has 0 radical (unpaired) electrons. The van der Waals surface area contributed by atoms with Crippen LogP contribution in [-0.4, -0.2) is 17.8 Å². The van der Waals surface area contributed by atoms with Gasteiger partial charge in [0.1, 0.15) is 0 Å². The zero-order chi connectivity index (χ0) is 12.3. The molecule has 1 aliphatic carbocycles.